The van der Waals surface area contributed by atoms with Crippen LogP contribution in [0.25, 0.3) is 0 Å². The minimum Gasteiger partial charge on any atom is -0.299 e. The Morgan fingerprint density at radius 2 is 1.35 bits per heavy atom. The Balaban J connectivity index is 3.45. The van der Waals surface area contributed by atoms with E-state index in [0.717, 1.165) is 25.7 Å². The van der Waals surface area contributed by atoms with Gasteiger partial charge >= 0.3 is 0 Å². The molecule has 0 aliphatic heterocycles. The summed E-state index contributed by atoms with van der Waals surface area (Å²) < 4.78 is 0. The van der Waals surface area contributed by atoms with Crippen LogP contribution in [0.3, 0.4) is 0 Å². The quantitative estimate of drug-likeness (QED) is 0.315. The molecule has 0 radical (unpaired) electrons. The average Bonchev–Trinajstić information content (AvgIpc) is 2.44. The Kier molecular flexibility index (Phi) is 13.8. The van der Waals surface area contributed by atoms with Crippen LogP contribution < -0.4 is 0 Å². The van der Waals surface area contributed by atoms with E-state index in [1.165, 1.54) is 32.1 Å². The zero-order chi connectivity index (χ0) is 15.1. The molecule has 0 heterocycles. The van der Waals surface area contributed by atoms with Crippen molar-refractivity contribution in [1.29, 1.82) is 0 Å². The van der Waals surface area contributed by atoms with Crippen LogP contribution in [0.1, 0.15) is 90.9 Å². The average molecular weight is 280 g/mol. The molecule has 0 saturated carbocycles. The normalized spacial score (nSPS) is 11.1. The smallest absolute Gasteiger partial charge is 0.155 e. The molecule has 0 aromatic heterocycles. The molecule has 116 valence electrons. The highest BCUT2D eigenvalue weighted by atomic mass is 16.1. The summed E-state index contributed by atoms with van der Waals surface area (Å²) >= 11 is 0. The van der Waals surface area contributed by atoms with E-state index in [4.69, 9.17) is 0 Å². The summed E-state index contributed by atoms with van der Waals surface area (Å²) in [4.78, 5) is 23.0. The highest BCUT2D eigenvalue weighted by molar-refractivity contribution is 5.90. The van der Waals surface area contributed by atoms with E-state index in [9.17, 15) is 9.59 Å². The number of carbonyl (C=O) groups excluding carboxylic acids is 2. The van der Waals surface area contributed by atoms with Crippen LogP contribution in [-0.2, 0) is 9.59 Å². The van der Waals surface area contributed by atoms with E-state index in [0.29, 0.717) is 19.3 Å². The number of allylic oxidation sites excluding steroid dienone is 2. The standard InChI is InChI=1S/C18H32O2/c1-3-5-7-8-9-10-11-14-18(20)16-12-15-17(19)13-6-4-2/h12,15H,3-11,13-14,16H2,1-2H3/b15-12+. The molecule has 0 saturated heterocycles. The Bertz CT molecular complexity index is 279. The summed E-state index contributed by atoms with van der Waals surface area (Å²) in [5.41, 5.74) is 0. The Morgan fingerprint density at radius 3 is 2.00 bits per heavy atom. The fourth-order valence-electron chi connectivity index (χ4n) is 2.14. The Hall–Kier alpha value is -0.920. The molecule has 2 heteroatoms. The first-order chi connectivity index (χ1) is 9.70. The van der Waals surface area contributed by atoms with Crippen LogP contribution in [-0.4, -0.2) is 11.6 Å². The summed E-state index contributed by atoms with van der Waals surface area (Å²) in [6, 6.07) is 0. The molecule has 0 spiro atoms. The molecule has 0 amide bonds. The highest BCUT2D eigenvalue weighted by Crippen LogP contribution is 2.09. The van der Waals surface area contributed by atoms with E-state index in [-0.39, 0.29) is 11.6 Å². The van der Waals surface area contributed by atoms with Crippen molar-refractivity contribution in [2.24, 2.45) is 0 Å². The van der Waals surface area contributed by atoms with Gasteiger partial charge < -0.3 is 0 Å². The fourth-order valence-corrected chi connectivity index (χ4v) is 2.14. The number of hydrogen-bond acceptors (Lipinski definition) is 2. The van der Waals surface area contributed by atoms with Crippen molar-refractivity contribution in [2.45, 2.75) is 90.9 Å². The number of unbranched alkanes of at least 4 members (excludes halogenated alkanes) is 7. The number of rotatable bonds is 14. The van der Waals surface area contributed by atoms with Crippen molar-refractivity contribution in [3.63, 3.8) is 0 Å². The lowest BCUT2D eigenvalue weighted by Gasteiger charge is -2.00. The molecule has 0 bridgehead atoms. The van der Waals surface area contributed by atoms with Gasteiger partial charge in [-0.25, -0.2) is 0 Å². The summed E-state index contributed by atoms with van der Waals surface area (Å²) in [5, 5.41) is 0. The van der Waals surface area contributed by atoms with E-state index in [2.05, 4.69) is 13.8 Å². The van der Waals surface area contributed by atoms with Crippen molar-refractivity contribution >= 4 is 11.6 Å². The van der Waals surface area contributed by atoms with Gasteiger partial charge in [-0.1, -0.05) is 64.9 Å². The van der Waals surface area contributed by atoms with Gasteiger partial charge in [0, 0.05) is 19.3 Å². The third-order valence-corrected chi connectivity index (χ3v) is 3.49. The lowest BCUT2D eigenvalue weighted by molar-refractivity contribution is -0.118. The highest BCUT2D eigenvalue weighted by Gasteiger charge is 2.00. The van der Waals surface area contributed by atoms with Gasteiger partial charge in [-0.3, -0.25) is 9.59 Å². The predicted molar refractivity (Wildman–Crippen MR) is 85.9 cm³/mol. The fraction of sp³-hybridized carbons (Fsp3) is 0.778. The second-order valence-electron chi connectivity index (χ2n) is 5.59. The summed E-state index contributed by atoms with van der Waals surface area (Å²) in [7, 11) is 0. The molecular formula is C18H32O2. The second kappa shape index (κ2) is 14.5. The van der Waals surface area contributed by atoms with E-state index >= 15 is 0 Å². The van der Waals surface area contributed by atoms with Crippen molar-refractivity contribution in [3.8, 4) is 0 Å². The number of Topliss-reactive ketones (excluding diaryl/α,β-unsaturated/α-hetero) is 1. The second-order valence-corrected chi connectivity index (χ2v) is 5.59. The molecule has 0 N–H and O–H groups in total. The van der Waals surface area contributed by atoms with Gasteiger partial charge in [-0.2, -0.15) is 0 Å². The van der Waals surface area contributed by atoms with Gasteiger partial charge in [0.2, 0.25) is 0 Å². The molecule has 0 aliphatic carbocycles. The van der Waals surface area contributed by atoms with Gasteiger partial charge in [0.15, 0.2) is 5.78 Å². The third kappa shape index (κ3) is 13.5. The van der Waals surface area contributed by atoms with Crippen LogP contribution in [0.2, 0.25) is 0 Å². The molecule has 0 atom stereocenters. The molecule has 0 fully saturated rings. The molecule has 0 unspecified atom stereocenters. The van der Waals surface area contributed by atoms with Crippen LogP contribution in [0, 0.1) is 0 Å². The van der Waals surface area contributed by atoms with Gasteiger partial charge in [-0.05, 0) is 18.9 Å². The maximum absolute atomic E-state index is 11.6. The van der Waals surface area contributed by atoms with Crippen molar-refractivity contribution in [1.82, 2.24) is 0 Å². The Morgan fingerprint density at radius 1 is 0.750 bits per heavy atom. The molecule has 2 nitrogen and oxygen atoms in total. The molecule has 0 aromatic rings. The molecule has 20 heavy (non-hydrogen) atoms. The van der Waals surface area contributed by atoms with E-state index in [1.54, 1.807) is 12.2 Å². The SMILES string of the molecule is CCCCCCCCCC(=O)C/C=C/C(=O)CCCC. The molecular weight excluding hydrogens is 248 g/mol. The maximum atomic E-state index is 11.6. The minimum atomic E-state index is 0.149. The lowest BCUT2D eigenvalue weighted by Crippen LogP contribution is -1.97. The van der Waals surface area contributed by atoms with E-state index in [1.807, 2.05) is 0 Å². The number of hydrogen-bond donors (Lipinski definition) is 0. The molecule has 0 rings (SSSR count). The molecule has 0 aliphatic rings. The monoisotopic (exact) mass is 280 g/mol. The molecule has 0 aromatic carbocycles. The third-order valence-electron chi connectivity index (χ3n) is 3.49. The van der Waals surface area contributed by atoms with Gasteiger partial charge in [0.1, 0.15) is 5.78 Å². The zero-order valence-corrected chi connectivity index (χ0v) is 13.5. The first-order valence-electron chi connectivity index (χ1n) is 8.41. The lowest BCUT2D eigenvalue weighted by atomic mass is 10.1. The number of ketones is 2. The van der Waals surface area contributed by atoms with Crippen molar-refractivity contribution in [2.75, 3.05) is 0 Å². The van der Waals surface area contributed by atoms with Crippen LogP contribution in [0.5, 0.6) is 0 Å². The summed E-state index contributed by atoms with van der Waals surface area (Å²) in [6.07, 6.45) is 15.6. The Labute approximate surface area is 125 Å². The van der Waals surface area contributed by atoms with Gasteiger partial charge in [0.25, 0.3) is 0 Å². The summed E-state index contributed by atoms with van der Waals surface area (Å²) in [6.45, 7) is 4.29. The maximum Gasteiger partial charge on any atom is 0.155 e. The largest absolute Gasteiger partial charge is 0.299 e. The summed E-state index contributed by atoms with van der Waals surface area (Å²) in [5.74, 6) is 0.411. The van der Waals surface area contributed by atoms with Gasteiger partial charge in [-0.15, -0.1) is 0 Å². The van der Waals surface area contributed by atoms with Crippen LogP contribution in [0.4, 0.5) is 0 Å². The predicted octanol–water partition coefficient (Wildman–Crippen LogP) is 5.40. The zero-order valence-electron chi connectivity index (χ0n) is 13.5. The van der Waals surface area contributed by atoms with Crippen molar-refractivity contribution < 1.29 is 9.59 Å². The van der Waals surface area contributed by atoms with Crippen LogP contribution >= 0.6 is 0 Å². The van der Waals surface area contributed by atoms with Crippen molar-refractivity contribution in [3.05, 3.63) is 12.2 Å². The van der Waals surface area contributed by atoms with Crippen LogP contribution in [0.15, 0.2) is 12.2 Å². The van der Waals surface area contributed by atoms with Gasteiger partial charge in [0.05, 0.1) is 0 Å². The first kappa shape index (κ1) is 19.1. The minimum absolute atomic E-state index is 0.149. The topological polar surface area (TPSA) is 34.1 Å². The number of carbonyl (C=O) groups is 2. The van der Waals surface area contributed by atoms with E-state index < -0.39 is 0 Å². The first-order valence-corrected chi connectivity index (χ1v) is 8.41.